The second-order valence-corrected chi connectivity index (χ2v) is 6.69. The van der Waals surface area contributed by atoms with E-state index in [1.165, 1.54) is 5.56 Å². The van der Waals surface area contributed by atoms with Crippen molar-refractivity contribution in [2.45, 2.75) is 25.2 Å². The molecule has 1 atom stereocenters. The predicted octanol–water partition coefficient (Wildman–Crippen LogP) is 3.13. The van der Waals surface area contributed by atoms with Crippen molar-refractivity contribution in [1.29, 1.82) is 0 Å². The van der Waals surface area contributed by atoms with E-state index in [4.69, 9.17) is 0 Å². The van der Waals surface area contributed by atoms with E-state index >= 15 is 0 Å². The minimum Gasteiger partial charge on any atom is -0.373 e. The first kappa shape index (κ1) is 15.0. The molecule has 0 aliphatic carbocycles. The fourth-order valence-corrected chi connectivity index (χ4v) is 3.68. The van der Waals surface area contributed by atoms with Crippen LogP contribution in [0.4, 0.5) is 5.82 Å². The summed E-state index contributed by atoms with van der Waals surface area (Å²) in [7, 11) is 1.88. The number of thiophene rings is 1. The second kappa shape index (κ2) is 6.92. The average Bonchev–Trinajstić information content (AvgIpc) is 3.08. The molecule has 2 aromatic rings. The number of carbonyl (C=O) groups is 1. The summed E-state index contributed by atoms with van der Waals surface area (Å²) in [4.78, 5) is 19.9. The molecule has 0 saturated carbocycles. The van der Waals surface area contributed by atoms with Crippen molar-refractivity contribution >= 4 is 23.1 Å². The summed E-state index contributed by atoms with van der Waals surface area (Å²) in [5, 5.41) is 5.11. The molecule has 1 amide bonds. The minimum absolute atomic E-state index is 0.245. The topological polar surface area (TPSA) is 45.2 Å². The van der Waals surface area contributed by atoms with Gasteiger partial charge in [-0.25, -0.2) is 4.98 Å². The monoisotopic (exact) mass is 315 g/mol. The Morgan fingerprint density at radius 2 is 2.41 bits per heavy atom. The molecule has 3 rings (SSSR count). The molecule has 22 heavy (non-hydrogen) atoms. The number of likely N-dealkylation sites (tertiary alicyclic amines) is 1. The van der Waals surface area contributed by atoms with Crippen LogP contribution in [0.1, 0.15) is 29.2 Å². The van der Waals surface area contributed by atoms with E-state index in [0.717, 1.165) is 36.6 Å². The first-order chi connectivity index (χ1) is 10.8. The van der Waals surface area contributed by atoms with Crippen molar-refractivity contribution in [2.75, 3.05) is 25.5 Å². The highest BCUT2D eigenvalue weighted by Gasteiger charge is 2.25. The number of hydrogen-bond acceptors (Lipinski definition) is 4. The van der Waals surface area contributed by atoms with Crippen LogP contribution in [0.3, 0.4) is 0 Å². The van der Waals surface area contributed by atoms with Crippen LogP contribution in [-0.4, -0.2) is 35.9 Å². The van der Waals surface area contributed by atoms with E-state index in [0.29, 0.717) is 12.3 Å². The van der Waals surface area contributed by atoms with Gasteiger partial charge in [-0.1, -0.05) is 6.07 Å². The number of carbonyl (C=O) groups excluding carboxylic acids is 1. The Balaban J connectivity index is 1.67. The van der Waals surface area contributed by atoms with Gasteiger partial charge in [-0.2, -0.15) is 0 Å². The third kappa shape index (κ3) is 3.47. The van der Waals surface area contributed by atoms with Crippen LogP contribution in [0.15, 0.2) is 35.8 Å². The Hall–Kier alpha value is -1.88. The number of nitrogens with one attached hydrogen (secondary N) is 1. The molecule has 1 aliphatic heterocycles. The van der Waals surface area contributed by atoms with Crippen LogP contribution >= 0.6 is 11.3 Å². The SMILES string of the molecule is CNc1cc([C@H]2CCCN(C(=O)Cc3cccs3)C2)ccn1. The van der Waals surface area contributed by atoms with E-state index in [9.17, 15) is 4.79 Å². The lowest BCUT2D eigenvalue weighted by molar-refractivity contribution is -0.131. The third-order valence-electron chi connectivity index (χ3n) is 4.19. The number of nitrogens with zero attached hydrogens (tertiary/aromatic N) is 2. The molecule has 3 heterocycles. The molecule has 1 fully saturated rings. The van der Waals surface area contributed by atoms with Crippen molar-refractivity contribution in [3.8, 4) is 0 Å². The zero-order valence-electron chi connectivity index (χ0n) is 12.8. The standard InChI is InChI=1S/C17H21N3OS/c1-18-16-10-13(6-7-19-16)14-4-2-8-20(12-14)17(21)11-15-5-3-9-22-15/h3,5-7,9-10,14H,2,4,8,11-12H2,1H3,(H,18,19)/t14-/m0/s1. The summed E-state index contributed by atoms with van der Waals surface area (Å²) in [5.74, 6) is 1.55. The quantitative estimate of drug-likeness (QED) is 0.943. The fraction of sp³-hybridized carbons (Fsp3) is 0.412. The van der Waals surface area contributed by atoms with Gasteiger partial charge < -0.3 is 10.2 Å². The van der Waals surface area contributed by atoms with Gasteiger partial charge in [0, 0.05) is 37.1 Å². The lowest BCUT2D eigenvalue weighted by Crippen LogP contribution is -2.39. The number of amides is 1. The van der Waals surface area contributed by atoms with Crippen molar-refractivity contribution in [1.82, 2.24) is 9.88 Å². The molecule has 4 nitrogen and oxygen atoms in total. The highest BCUT2D eigenvalue weighted by Crippen LogP contribution is 2.28. The van der Waals surface area contributed by atoms with E-state index in [-0.39, 0.29) is 5.91 Å². The van der Waals surface area contributed by atoms with Crippen molar-refractivity contribution in [3.05, 3.63) is 46.3 Å². The minimum atomic E-state index is 0.245. The van der Waals surface area contributed by atoms with Gasteiger partial charge in [0.05, 0.1) is 6.42 Å². The van der Waals surface area contributed by atoms with Crippen molar-refractivity contribution in [3.63, 3.8) is 0 Å². The van der Waals surface area contributed by atoms with Crippen LogP contribution in [0, 0.1) is 0 Å². The Bertz CT molecular complexity index is 627. The Morgan fingerprint density at radius 1 is 1.50 bits per heavy atom. The maximum atomic E-state index is 12.5. The zero-order valence-corrected chi connectivity index (χ0v) is 13.6. The lowest BCUT2D eigenvalue weighted by Gasteiger charge is -2.33. The maximum absolute atomic E-state index is 12.5. The number of hydrogen-bond donors (Lipinski definition) is 1. The molecule has 1 aliphatic rings. The second-order valence-electron chi connectivity index (χ2n) is 5.66. The highest BCUT2D eigenvalue weighted by molar-refractivity contribution is 7.10. The number of anilines is 1. The van der Waals surface area contributed by atoms with E-state index in [1.807, 2.05) is 35.7 Å². The molecule has 0 radical (unpaired) electrons. The van der Waals surface area contributed by atoms with Gasteiger partial charge >= 0.3 is 0 Å². The first-order valence-corrected chi connectivity index (χ1v) is 8.58. The van der Waals surface area contributed by atoms with Gasteiger partial charge in [0.15, 0.2) is 0 Å². The molecular formula is C17H21N3OS. The summed E-state index contributed by atoms with van der Waals surface area (Å²) in [6, 6.07) is 8.20. The summed E-state index contributed by atoms with van der Waals surface area (Å²) >= 11 is 1.65. The van der Waals surface area contributed by atoms with Crippen LogP contribution in [0.5, 0.6) is 0 Å². The largest absolute Gasteiger partial charge is 0.373 e. The Kier molecular flexibility index (Phi) is 4.73. The predicted molar refractivity (Wildman–Crippen MR) is 90.4 cm³/mol. The van der Waals surface area contributed by atoms with Crippen LogP contribution in [0.25, 0.3) is 0 Å². The van der Waals surface area contributed by atoms with Gasteiger partial charge in [0.25, 0.3) is 0 Å². The molecule has 5 heteroatoms. The van der Waals surface area contributed by atoms with Crippen molar-refractivity contribution in [2.24, 2.45) is 0 Å². The van der Waals surface area contributed by atoms with Crippen LogP contribution in [0.2, 0.25) is 0 Å². The number of pyridine rings is 1. The van der Waals surface area contributed by atoms with Gasteiger partial charge in [-0.05, 0) is 42.0 Å². The molecule has 116 valence electrons. The van der Waals surface area contributed by atoms with E-state index in [2.05, 4.69) is 22.4 Å². The molecular weight excluding hydrogens is 294 g/mol. The van der Waals surface area contributed by atoms with Gasteiger partial charge in [0.2, 0.25) is 5.91 Å². The van der Waals surface area contributed by atoms with E-state index in [1.54, 1.807) is 11.3 Å². The Morgan fingerprint density at radius 3 is 3.18 bits per heavy atom. The molecule has 0 unspecified atom stereocenters. The van der Waals surface area contributed by atoms with Gasteiger partial charge in [-0.15, -0.1) is 11.3 Å². The molecule has 0 spiro atoms. The first-order valence-electron chi connectivity index (χ1n) is 7.70. The van der Waals surface area contributed by atoms with Crippen LogP contribution in [-0.2, 0) is 11.2 Å². The fourth-order valence-electron chi connectivity index (χ4n) is 2.99. The molecule has 1 N–H and O–H groups in total. The molecule has 0 bridgehead atoms. The molecule has 2 aromatic heterocycles. The Labute approximate surface area is 135 Å². The van der Waals surface area contributed by atoms with Gasteiger partial charge in [-0.3, -0.25) is 4.79 Å². The average molecular weight is 315 g/mol. The zero-order chi connectivity index (χ0) is 15.4. The molecule has 0 aromatic carbocycles. The normalized spacial score (nSPS) is 18.2. The summed E-state index contributed by atoms with van der Waals surface area (Å²) in [6.07, 6.45) is 4.57. The maximum Gasteiger partial charge on any atom is 0.227 e. The smallest absolute Gasteiger partial charge is 0.227 e. The van der Waals surface area contributed by atoms with Crippen molar-refractivity contribution < 1.29 is 4.79 Å². The van der Waals surface area contributed by atoms with E-state index < -0.39 is 0 Å². The summed E-state index contributed by atoms with van der Waals surface area (Å²) in [6.45, 7) is 1.70. The number of rotatable bonds is 4. The van der Waals surface area contributed by atoms with Gasteiger partial charge in [0.1, 0.15) is 5.82 Å². The lowest BCUT2D eigenvalue weighted by atomic mass is 9.91. The highest BCUT2D eigenvalue weighted by atomic mass is 32.1. The number of piperidine rings is 1. The summed E-state index contributed by atoms with van der Waals surface area (Å²) in [5.41, 5.74) is 1.27. The number of aromatic nitrogens is 1. The molecule has 1 saturated heterocycles. The van der Waals surface area contributed by atoms with Crippen LogP contribution < -0.4 is 5.32 Å². The third-order valence-corrected chi connectivity index (χ3v) is 5.07. The summed E-state index contributed by atoms with van der Waals surface area (Å²) < 4.78 is 0.